The van der Waals surface area contributed by atoms with Gasteiger partial charge in [-0.1, -0.05) is 60.2 Å². The highest BCUT2D eigenvalue weighted by atomic mass is 16.1. The molecule has 2 rings (SSSR count). The summed E-state index contributed by atoms with van der Waals surface area (Å²) in [5.74, 6) is 0.00426. The maximum atomic E-state index is 12.3. The number of hydrogen-bond acceptors (Lipinski definition) is 2. The number of carbonyl (C=O) groups is 1. The smallest absolute Gasteiger partial charge is 0.207 e. The van der Waals surface area contributed by atoms with Crippen LogP contribution in [-0.2, 0) is 6.42 Å². The van der Waals surface area contributed by atoms with Gasteiger partial charge in [-0.3, -0.25) is 9.79 Å². The van der Waals surface area contributed by atoms with Crippen molar-refractivity contribution < 1.29 is 4.79 Å². The van der Waals surface area contributed by atoms with Crippen molar-refractivity contribution in [3.8, 4) is 0 Å². The number of nitrogens with zero attached hydrogens (tertiary/aromatic N) is 1. The summed E-state index contributed by atoms with van der Waals surface area (Å²) in [7, 11) is 1.67. The summed E-state index contributed by atoms with van der Waals surface area (Å²) in [5, 5.41) is 0. The van der Waals surface area contributed by atoms with Crippen LogP contribution in [0.5, 0.6) is 0 Å². The van der Waals surface area contributed by atoms with Gasteiger partial charge >= 0.3 is 0 Å². The molecule has 0 aromatic heterocycles. The van der Waals surface area contributed by atoms with Crippen molar-refractivity contribution in [3.05, 3.63) is 71.3 Å². The molecule has 2 aromatic rings. The SMILES string of the molecule is CN=C(Cc1cccc(C)c1)C(=O)c1ccccc1. The van der Waals surface area contributed by atoms with E-state index in [1.807, 2.05) is 55.5 Å². The van der Waals surface area contributed by atoms with Crippen molar-refractivity contribution in [1.29, 1.82) is 0 Å². The molecule has 0 amide bonds. The molecule has 0 saturated carbocycles. The number of rotatable bonds is 4. The number of carbonyl (C=O) groups excluding carboxylic acids is 1. The minimum absolute atomic E-state index is 0.00426. The van der Waals surface area contributed by atoms with Gasteiger partial charge in [0.05, 0.1) is 5.71 Å². The first-order valence-electron chi connectivity index (χ1n) is 6.31. The van der Waals surface area contributed by atoms with Crippen LogP contribution in [0.2, 0.25) is 0 Å². The van der Waals surface area contributed by atoms with Crippen LogP contribution < -0.4 is 0 Å². The first-order valence-corrected chi connectivity index (χ1v) is 6.31. The zero-order valence-electron chi connectivity index (χ0n) is 11.3. The summed E-state index contributed by atoms with van der Waals surface area (Å²) in [6.45, 7) is 2.05. The quantitative estimate of drug-likeness (QED) is 0.604. The zero-order chi connectivity index (χ0) is 13.7. The summed E-state index contributed by atoms with van der Waals surface area (Å²) in [5.41, 5.74) is 3.59. The molecular weight excluding hydrogens is 234 g/mol. The predicted molar refractivity (Wildman–Crippen MR) is 79.0 cm³/mol. The van der Waals surface area contributed by atoms with Gasteiger partial charge in [0, 0.05) is 19.0 Å². The Hall–Kier alpha value is -2.22. The lowest BCUT2D eigenvalue weighted by Gasteiger charge is -2.06. The van der Waals surface area contributed by atoms with E-state index in [0.717, 1.165) is 5.56 Å². The lowest BCUT2D eigenvalue weighted by molar-refractivity contribution is 0.106. The van der Waals surface area contributed by atoms with Crippen LogP contribution in [0, 0.1) is 6.92 Å². The van der Waals surface area contributed by atoms with E-state index in [0.29, 0.717) is 17.7 Å². The molecule has 0 heterocycles. The molecule has 0 bridgehead atoms. The van der Waals surface area contributed by atoms with E-state index in [-0.39, 0.29) is 5.78 Å². The van der Waals surface area contributed by atoms with Gasteiger partial charge in [0.1, 0.15) is 0 Å². The molecule has 96 valence electrons. The first-order chi connectivity index (χ1) is 9.20. The van der Waals surface area contributed by atoms with E-state index >= 15 is 0 Å². The molecule has 0 aliphatic heterocycles. The van der Waals surface area contributed by atoms with Gasteiger partial charge < -0.3 is 0 Å². The highest BCUT2D eigenvalue weighted by molar-refractivity contribution is 6.46. The van der Waals surface area contributed by atoms with Crippen molar-refractivity contribution in [1.82, 2.24) is 0 Å². The summed E-state index contributed by atoms with van der Waals surface area (Å²) in [6.07, 6.45) is 0.575. The van der Waals surface area contributed by atoms with Crippen molar-refractivity contribution in [3.63, 3.8) is 0 Å². The van der Waals surface area contributed by atoms with E-state index in [2.05, 4.69) is 11.1 Å². The molecule has 0 atom stereocenters. The monoisotopic (exact) mass is 251 g/mol. The Kier molecular flexibility index (Phi) is 4.24. The topological polar surface area (TPSA) is 29.4 Å². The number of Topliss-reactive ketones (excluding diaryl/α,β-unsaturated/α-hetero) is 1. The Morgan fingerprint density at radius 1 is 1.05 bits per heavy atom. The highest BCUT2D eigenvalue weighted by Crippen LogP contribution is 2.09. The lowest BCUT2D eigenvalue weighted by atomic mass is 9.99. The van der Waals surface area contributed by atoms with Crippen LogP contribution >= 0.6 is 0 Å². The van der Waals surface area contributed by atoms with Gasteiger partial charge in [-0.25, -0.2) is 0 Å². The molecule has 2 heteroatoms. The first kappa shape index (κ1) is 13.2. The van der Waals surface area contributed by atoms with Crippen molar-refractivity contribution in [2.75, 3.05) is 7.05 Å². The van der Waals surface area contributed by atoms with Crippen LogP contribution in [0.3, 0.4) is 0 Å². The van der Waals surface area contributed by atoms with Crippen LogP contribution in [0.15, 0.2) is 59.6 Å². The third kappa shape index (κ3) is 3.38. The summed E-state index contributed by atoms with van der Waals surface area (Å²) < 4.78 is 0. The third-order valence-corrected chi connectivity index (χ3v) is 3.02. The largest absolute Gasteiger partial charge is 0.289 e. The van der Waals surface area contributed by atoms with E-state index in [1.165, 1.54) is 5.56 Å². The Bertz CT molecular complexity index is 600. The number of hydrogen-bond donors (Lipinski definition) is 0. The van der Waals surface area contributed by atoms with Gasteiger partial charge in [-0.2, -0.15) is 0 Å². The minimum atomic E-state index is 0.00426. The summed E-state index contributed by atoms with van der Waals surface area (Å²) in [4.78, 5) is 16.5. The second kappa shape index (κ2) is 6.10. The number of ketones is 1. The minimum Gasteiger partial charge on any atom is -0.289 e. The Balaban J connectivity index is 2.20. The van der Waals surface area contributed by atoms with E-state index < -0.39 is 0 Å². The predicted octanol–water partition coefficient (Wildman–Crippen LogP) is 3.49. The van der Waals surface area contributed by atoms with Gasteiger partial charge in [-0.05, 0) is 12.5 Å². The fraction of sp³-hybridized carbons (Fsp3) is 0.176. The van der Waals surface area contributed by atoms with Crippen LogP contribution in [0.1, 0.15) is 21.5 Å². The van der Waals surface area contributed by atoms with Crippen LogP contribution in [0.4, 0.5) is 0 Å². The average molecular weight is 251 g/mol. The van der Waals surface area contributed by atoms with Crippen molar-refractivity contribution in [2.24, 2.45) is 4.99 Å². The molecule has 0 fully saturated rings. The second-order valence-electron chi connectivity index (χ2n) is 4.53. The standard InChI is InChI=1S/C17H17NO/c1-13-7-6-8-14(11-13)12-16(18-2)17(19)15-9-4-3-5-10-15/h3-11H,12H2,1-2H3. The number of aliphatic imine (C=N–C) groups is 1. The maximum Gasteiger partial charge on any atom is 0.207 e. The molecule has 0 spiro atoms. The Labute approximate surface area is 113 Å². The van der Waals surface area contributed by atoms with Gasteiger partial charge in [0.25, 0.3) is 0 Å². The van der Waals surface area contributed by atoms with E-state index in [9.17, 15) is 4.79 Å². The number of benzene rings is 2. The molecule has 2 nitrogen and oxygen atoms in total. The molecule has 0 aliphatic rings. The van der Waals surface area contributed by atoms with Gasteiger partial charge in [-0.15, -0.1) is 0 Å². The normalized spacial score (nSPS) is 11.4. The molecular formula is C17H17NO. The molecule has 0 unspecified atom stereocenters. The average Bonchev–Trinajstić information content (AvgIpc) is 2.45. The summed E-state index contributed by atoms with van der Waals surface area (Å²) >= 11 is 0. The van der Waals surface area contributed by atoms with E-state index in [1.54, 1.807) is 7.05 Å². The van der Waals surface area contributed by atoms with Crippen LogP contribution in [0.25, 0.3) is 0 Å². The molecule has 0 radical (unpaired) electrons. The maximum absolute atomic E-state index is 12.3. The second-order valence-corrected chi connectivity index (χ2v) is 4.53. The molecule has 0 aliphatic carbocycles. The van der Waals surface area contributed by atoms with Gasteiger partial charge in [0.15, 0.2) is 0 Å². The zero-order valence-corrected chi connectivity index (χ0v) is 11.3. The van der Waals surface area contributed by atoms with Crippen molar-refractivity contribution >= 4 is 11.5 Å². The molecule has 0 N–H and O–H groups in total. The van der Waals surface area contributed by atoms with E-state index in [4.69, 9.17) is 0 Å². The molecule has 19 heavy (non-hydrogen) atoms. The van der Waals surface area contributed by atoms with Crippen LogP contribution in [-0.4, -0.2) is 18.5 Å². The lowest BCUT2D eigenvalue weighted by Crippen LogP contribution is -2.17. The highest BCUT2D eigenvalue weighted by Gasteiger charge is 2.13. The number of aryl methyl sites for hydroxylation is 1. The van der Waals surface area contributed by atoms with Gasteiger partial charge in [0.2, 0.25) is 5.78 Å². The molecule has 2 aromatic carbocycles. The fourth-order valence-electron chi connectivity index (χ4n) is 2.03. The van der Waals surface area contributed by atoms with Crippen molar-refractivity contribution in [2.45, 2.75) is 13.3 Å². The fourth-order valence-corrected chi connectivity index (χ4v) is 2.03. The molecule has 0 saturated heterocycles. The summed E-state index contributed by atoms with van der Waals surface area (Å²) in [6, 6.07) is 17.4. The third-order valence-electron chi connectivity index (χ3n) is 3.02. The Morgan fingerprint density at radius 2 is 1.79 bits per heavy atom. The Morgan fingerprint density at radius 3 is 2.42 bits per heavy atom.